The molecule has 1 aromatic rings. The van der Waals surface area contributed by atoms with Crippen LogP contribution >= 0.6 is 22.3 Å². The van der Waals surface area contributed by atoms with Gasteiger partial charge in [0.1, 0.15) is 4.90 Å². The molecule has 1 aromatic carbocycles. The van der Waals surface area contributed by atoms with Crippen LogP contribution in [0.15, 0.2) is 23.1 Å². The van der Waals surface area contributed by atoms with Crippen LogP contribution in [0.3, 0.4) is 0 Å². The van der Waals surface area contributed by atoms with Gasteiger partial charge in [0.15, 0.2) is 0 Å². The van der Waals surface area contributed by atoms with E-state index in [1.807, 2.05) is 6.92 Å². The molecule has 0 aromatic heterocycles. The molecule has 0 aliphatic heterocycles. The number of carbonyl (C=O) groups excluding carboxylic acids is 1. The molecule has 1 rings (SSSR count). The Balaban J connectivity index is 2.80. The maximum Gasteiger partial charge on any atom is 0.262 e. The Labute approximate surface area is 135 Å². The maximum absolute atomic E-state index is 12.1. The second-order valence-corrected chi connectivity index (χ2v) is 7.89. The lowest BCUT2D eigenvalue weighted by atomic mass is 10.1. The van der Waals surface area contributed by atoms with Crippen molar-refractivity contribution >= 4 is 37.2 Å². The average Bonchev–Trinajstić information content (AvgIpc) is 2.38. The molecule has 0 spiro atoms. The van der Waals surface area contributed by atoms with E-state index in [2.05, 4.69) is 12.2 Å². The quantitative estimate of drug-likeness (QED) is 0.597. The highest BCUT2D eigenvalue weighted by molar-refractivity contribution is 8.13. The van der Waals surface area contributed by atoms with E-state index >= 15 is 0 Å². The van der Waals surface area contributed by atoms with Crippen molar-refractivity contribution in [2.45, 2.75) is 50.5 Å². The summed E-state index contributed by atoms with van der Waals surface area (Å²) in [6.45, 7) is 4.04. The summed E-state index contributed by atoms with van der Waals surface area (Å²) in [7, 11) is 1.31. The highest BCUT2D eigenvalue weighted by Gasteiger charge is 2.18. The van der Waals surface area contributed by atoms with Crippen molar-refractivity contribution < 1.29 is 13.2 Å². The normalized spacial score (nSPS) is 13.0. The molecule has 21 heavy (non-hydrogen) atoms. The van der Waals surface area contributed by atoms with Gasteiger partial charge < -0.3 is 5.32 Å². The van der Waals surface area contributed by atoms with Crippen molar-refractivity contribution in [1.82, 2.24) is 5.32 Å². The Kier molecular flexibility index (Phi) is 6.97. The average molecular weight is 352 g/mol. The Morgan fingerprint density at radius 1 is 1.33 bits per heavy atom. The fraction of sp³-hybridized carbons (Fsp3) is 0.500. The van der Waals surface area contributed by atoms with Gasteiger partial charge in [0.25, 0.3) is 15.0 Å². The van der Waals surface area contributed by atoms with Crippen molar-refractivity contribution in [3.8, 4) is 0 Å². The predicted molar refractivity (Wildman–Crippen MR) is 85.6 cm³/mol. The van der Waals surface area contributed by atoms with Gasteiger partial charge in [-0.2, -0.15) is 0 Å². The summed E-state index contributed by atoms with van der Waals surface area (Å²) in [5, 5.41) is 2.83. The fourth-order valence-electron chi connectivity index (χ4n) is 1.91. The van der Waals surface area contributed by atoms with E-state index in [0.717, 1.165) is 25.7 Å². The molecule has 1 N–H and O–H groups in total. The Morgan fingerprint density at radius 3 is 2.57 bits per heavy atom. The largest absolute Gasteiger partial charge is 0.350 e. The summed E-state index contributed by atoms with van der Waals surface area (Å²) in [4.78, 5) is 11.8. The molecule has 0 heterocycles. The zero-order valence-electron chi connectivity index (χ0n) is 12.0. The number of hydrogen-bond acceptors (Lipinski definition) is 3. The molecule has 0 radical (unpaired) electrons. The smallest absolute Gasteiger partial charge is 0.262 e. The number of amides is 1. The van der Waals surface area contributed by atoms with Crippen LogP contribution in [0.1, 0.15) is 49.9 Å². The number of rotatable bonds is 7. The van der Waals surface area contributed by atoms with Crippen LogP contribution in [0.2, 0.25) is 5.02 Å². The molecule has 118 valence electrons. The van der Waals surface area contributed by atoms with Crippen LogP contribution in [0, 0.1) is 0 Å². The lowest BCUT2D eigenvalue weighted by molar-refractivity contribution is 0.0937. The van der Waals surface area contributed by atoms with Crippen molar-refractivity contribution in [2.75, 3.05) is 0 Å². The molecule has 0 saturated carbocycles. The summed E-state index contributed by atoms with van der Waals surface area (Å²) < 4.78 is 22.7. The first-order valence-corrected chi connectivity index (χ1v) is 9.49. The molecule has 0 saturated heterocycles. The van der Waals surface area contributed by atoms with Gasteiger partial charge in [0.05, 0.1) is 5.02 Å². The highest BCUT2D eigenvalue weighted by atomic mass is 35.7. The van der Waals surface area contributed by atoms with Crippen LogP contribution in [0.4, 0.5) is 0 Å². The lowest BCUT2D eigenvalue weighted by Gasteiger charge is -2.14. The third-order valence-electron chi connectivity index (χ3n) is 3.07. The Hall–Kier alpha value is -0.780. The second kappa shape index (κ2) is 8.01. The van der Waals surface area contributed by atoms with Crippen molar-refractivity contribution in [3.63, 3.8) is 0 Å². The number of carbonyl (C=O) groups is 1. The summed E-state index contributed by atoms with van der Waals surface area (Å²) in [6, 6.07) is 4.05. The van der Waals surface area contributed by atoms with E-state index in [4.69, 9.17) is 22.3 Å². The highest BCUT2D eigenvalue weighted by Crippen LogP contribution is 2.25. The zero-order chi connectivity index (χ0) is 16.0. The first-order valence-electron chi connectivity index (χ1n) is 6.80. The van der Waals surface area contributed by atoms with Crippen molar-refractivity contribution in [3.05, 3.63) is 28.8 Å². The van der Waals surface area contributed by atoms with Crippen LogP contribution in [-0.2, 0) is 9.05 Å². The number of nitrogens with one attached hydrogen (secondary N) is 1. The SMILES string of the molecule is CCCCCC(C)NC(=O)c1ccc(Cl)c(S(=O)(=O)Cl)c1. The number of unbranched alkanes of at least 4 members (excludes halogenated alkanes) is 2. The van der Waals surface area contributed by atoms with E-state index in [1.54, 1.807) is 0 Å². The molecule has 1 amide bonds. The number of hydrogen-bond donors (Lipinski definition) is 1. The van der Waals surface area contributed by atoms with Crippen molar-refractivity contribution in [1.29, 1.82) is 0 Å². The molecule has 7 heteroatoms. The Morgan fingerprint density at radius 2 is 2.00 bits per heavy atom. The summed E-state index contributed by atoms with van der Waals surface area (Å²) in [6.07, 6.45) is 4.16. The topological polar surface area (TPSA) is 63.2 Å². The molecular formula is C14H19Cl2NO3S. The molecule has 1 atom stereocenters. The maximum atomic E-state index is 12.1. The van der Waals surface area contributed by atoms with E-state index in [0.29, 0.717) is 0 Å². The van der Waals surface area contributed by atoms with Gasteiger partial charge in [-0.15, -0.1) is 0 Å². The summed E-state index contributed by atoms with van der Waals surface area (Å²) in [5.41, 5.74) is 0.223. The van der Waals surface area contributed by atoms with Crippen LogP contribution in [0.5, 0.6) is 0 Å². The monoisotopic (exact) mass is 351 g/mol. The van der Waals surface area contributed by atoms with E-state index in [1.165, 1.54) is 18.2 Å². The van der Waals surface area contributed by atoms with Crippen LogP contribution in [-0.4, -0.2) is 20.4 Å². The van der Waals surface area contributed by atoms with Gasteiger partial charge in [-0.05, 0) is 31.5 Å². The lowest BCUT2D eigenvalue weighted by Crippen LogP contribution is -2.32. The molecule has 0 fully saturated rings. The molecular weight excluding hydrogens is 333 g/mol. The minimum absolute atomic E-state index is 0.00227. The minimum atomic E-state index is -3.98. The van der Waals surface area contributed by atoms with Gasteiger partial charge in [-0.1, -0.05) is 37.8 Å². The zero-order valence-corrected chi connectivity index (χ0v) is 14.4. The Bertz CT molecular complexity index is 602. The number of halogens is 2. The van der Waals surface area contributed by atoms with Gasteiger partial charge in [0, 0.05) is 22.3 Å². The molecule has 1 unspecified atom stereocenters. The fourth-order valence-corrected chi connectivity index (χ4v) is 3.40. The van der Waals surface area contributed by atoms with Crippen LogP contribution < -0.4 is 5.32 Å². The first-order chi connectivity index (χ1) is 9.75. The van der Waals surface area contributed by atoms with Crippen LogP contribution in [0.25, 0.3) is 0 Å². The van der Waals surface area contributed by atoms with E-state index < -0.39 is 9.05 Å². The minimum Gasteiger partial charge on any atom is -0.350 e. The molecule has 0 bridgehead atoms. The second-order valence-electron chi connectivity index (χ2n) is 4.95. The van der Waals surface area contributed by atoms with Crippen molar-refractivity contribution in [2.24, 2.45) is 0 Å². The predicted octanol–water partition coefficient (Wildman–Crippen LogP) is 3.97. The van der Waals surface area contributed by atoms with E-state index in [9.17, 15) is 13.2 Å². The third kappa shape index (κ3) is 5.85. The summed E-state index contributed by atoms with van der Waals surface area (Å²) >= 11 is 5.78. The molecule has 0 aliphatic carbocycles. The van der Waals surface area contributed by atoms with Gasteiger partial charge in [-0.3, -0.25) is 4.79 Å². The standard InChI is InChI=1S/C14H19Cl2NO3S/c1-3-4-5-6-10(2)17-14(18)11-7-8-12(15)13(9-11)21(16,19)20/h7-10H,3-6H2,1-2H3,(H,17,18). The van der Waals surface area contributed by atoms with Gasteiger partial charge >= 0.3 is 0 Å². The molecule has 4 nitrogen and oxygen atoms in total. The van der Waals surface area contributed by atoms with E-state index in [-0.39, 0.29) is 27.4 Å². The molecule has 0 aliphatic rings. The van der Waals surface area contributed by atoms with Gasteiger partial charge in [-0.25, -0.2) is 8.42 Å². The first kappa shape index (κ1) is 18.3. The number of benzene rings is 1. The third-order valence-corrected chi connectivity index (χ3v) is 4.88. The summed E-state index contributed by atoms with van der Waals surface area (Å²) in [5.74, 6) is -0.336. The van der Waals surface area contributed by atoms with Gasteiger partial charge in [0.2, 0.25) is 0 Å².